The smallest absolute Gasteiger partial charge is 0.191 e. The highest BCUT2D eigenvalue weighted by Gasteiger charge is 2.15. The highest BCUT2D eigenvalue weighted by Crippen LogP contribution is 2.15. The minimum atomic E-state index is -0.179. The summed E-state index contributed by atoms with van der Waals surface area (Å²) < 4.78 is 25.7. The predicted molar refractivity (Wildman–Crippen MR) is 106 cm³/mol. The number of hydrogen-bond donors (Lipinski definition) is 2. The van der Waals surface area contributed by atoms with Crippen molar-refractivity contribution >= 4 is 21.9 Å². The summed E-state index contributed by atoms with van der Waals surface area (Å²) in [5.41, 5.74) is 0.687. The number of halogens is 2. The van der Waals surface area contributed by atoms with Crippen molar-refractivity contribution in [3.8, 4) is 0 Å². The van der Waals surface area contributed by atoms with E-state index in [4.69, 9.17) is 9.47 Å². The molecule has 26 heavy (non-hydrogen) atoms. The molecule has 0 aromatic heterocycles. The Balaban J connectivity index is 1.64. The summed E-state index contributed by atoms with van der Waals surface area (Å²) in [5.74, 6) is 1.13. The lowest BCUT2D eigenvalue weighted by Crippen LogP contribution is -2.38. The molecule has 1 aromatic carbocycles. The van der Waals surface area contributed by atoms with Crippen molar-refractivity contribution in [3.05, 3.63) is 34.1 Å². The molecule has 1 fully saturated rings. The molecule has 1 unspecified atom stereocenters. The van der Waals surface area contributed by atoms with Crippen LogP contribution in [0.25, 0.3) is 0 Å². The van der Waals surface area contributed by atoms with E-state index in [0.29, 0.717) is 37.6 Å². The molecular weight excluding hydrogens is 401 g/mol. The van der Waals surface area contributed by atoms with Gasteiger partial charge in [-0.05, 0) is 49.9 Å². The lowest BCUT2D eigenvalue weighted by Gasteiger charge is -2.12. The van der Waals surface area contributed by atoms with E-state index in [1.165, 1.54) is 6.07 Å². The van der Waals surface area contributed by atoms with Crippen LogP contribution in [0.5, 0.6) is 0 Å². The lowest BCUT2D eigenvalue weighted by molar-refractivity contribution is 0.0893. The first-order valence-electron chi connectivity index (χ1n) is 9.30. The molecule has 1 saturated heterocycles. The number of aliphatic imine (C=N–C) groups is 1. The molecule has 0 radical (unpaired) electrons. The Kier molecular flexibility index (Phi) is 9.95. The summed E-state index contributed by atoms with van der Waals surface area (Å²) in [5, 5.41) is 6.46. The summed E-state index contributed by atoms with van der Waals surface area (Å²) in [7, 11) is 0. The zero-order chi connectivity index (χ0) is 18.6. The van der Waals surface area contributed by atoms with E-state index in [2.05, 4.69) is 31.6 Å². The predicted octanol–water partition coefficient (Wildman–Crippen LogP) is 3.13. The van der Waals surface area contributed by atoms with Gasteiger partial charge < -0.3 is 20.1 Å². The highest BCUT2D eigenvalue weighted by atomic mass is 79.9. The van der Waals surface area contributed by atoms with Crippen LogP contribution in [0.15, 0.2) is 27.7 Å². The first-order valence-corrected chi connectivity index (χ1v) is 10.1. The van der Waals surface area contributed by atoms with E-state index >= 15 is 0 Å². The second kappa shape index (κ2) is 12.3. The number of nitrogens with zero attached hydrogens (tertiary/aromatic N) is 1. The molecule has 1 aliphatic heterocycles. The fraction of sp³-hybridized carbons (Fsp3) is 0.632. The average Bonchev–Trinajstić information content (AvgIpc) is 3.14. The van der Waals surface area contributed by atoms with Crippen LogP contribution in [0.4, 0.5) is 4.39 Å². The van der Waals surface area contributed by atoms with Crippen LogP contribution in [0.3, 0.4) is 0 Å². The highest BCUT2D eigenvalue weighted by molar-refractivity contribution is 9.10. The third kappa shape index (κ3) is 8.01. The van der Waals surface area contributed by atoms with Crippen LogP contribution in [0.2, 0.25) is 0 Å². The third-order valence-electron chi connectivity index (χ3n) is 4.13. The van der Waals surface area contributed by atoms with Gasteiger partial charge >= 0.3 is 0 Å². The molecular formula is C19H29BrFN3O2. The lowest BCUT2D eigenvalue weighted by atomic mass is 10.1. The van der Waals surface area contributed by atoms with Crippen molar-refractivity contribution in [1.29, 1.82) is 0 Å². The number of rotatable bonds is 10. The minimum Gasteiger partial charge on any atom is -0.381 e. The van der Waals surface area contributed by atoms with Crippen molar-refractivity contribution in [2.45, 2.75) is 26.2 Å². The van der Waals surface area contributed by atoms with Gasteiger partial charge in [0.1, 0.15) is 5.82 Å². The van der Waals surface area contributed by atoms with Crippen LogP contribution >= 0.6 is 15.9 Å². The molecule has 2 N–H and O–H groups in total. The fourth-order valence-corrected chi connectivity index (χ4v) is 3.12. The number of hydrogen-bond acceptors (Lipinski definition) is 3. The molecule has 5 nitrogen and oxygen atoms in total. The quantitative estimate of drug-likeness (QED) is 0.340. The molecule has 1 heterocycles. The third-order valence-corrected chi connectivity index (χ3v) is 4.63. The second-order valence-corrected chi connectivity index (χ2v) is 7.25. The summed E-state index contributed by atoms with van der Waals surface area (Å²) in [4.78, 5) is 4.54. The maximum atomic E-state index is 13.8. The average molecular weight is 430 g/mol. The van der Waals surface area contributed by atoms with Gasteiger partial charge in [-0.25, -0.2) is 4.39 Å². The minimum absolute atomic E-state index is 0.179. The van der Waals surface area contributed by atoms with E-state index in [0.717, 1.165) is 49.6 Å². The molecule has 1 atom stereocenters. The van der Waals surface area contributed by atoms with Gasteiger partial charge in [0.25, 0.3) is 0 Å². The monoisotopic (exact) mass is 429 g/mol. The van der Waals surface area contributed by atoms with Gasteiger partial charge in [0.2, 0.25) is 0 Å². The van der Waals surface area contributed by atoms with E-state index in [1.807, 2.05) is 13.0 Å². The maximum Gasteiger partial charge on any atom is 0.191 e. The summed E-state index contributed by atoms with van der Waals surface area (Å²) in [6, 6.07) is 5.00. The van der Waals surface area contributed by atoms with Gasteiger partial charge in [-0.2, -0.15) is 0 Å². The van der Waals surface area contributed by atoms with Gasteiger partial charge in [-0.1, -0.05) is 15.9 Å². The first-order chi connectivity index (χ1) is 12.7. The van der Waals surface area contributed by atoms with E-state index in [-0.39, 0.29) is 5.82 Å². The van der Waals surface area contributed by atoms with Crippen LogP contribution in [-0.2, 0) is 15.9 Å². The van der Waals surface area contributed by atoms with Gasteiger partial charge in [0, 0.05) is 43.2 Å². The summed E-state index contributed by atoms with van der Waals surface area (Å²) >= 11 is 3.38. The van der Waals surface area contributed by atoms with Crippen LogP contribution in [0, 0.1) is 11.7 Å². The molecule has 2 rings (SSSR count). The van der Waals surface area contributed by atoms with Gasteiger partial charge in [-0.3, -0.25) is 4.99 Å². The van der Waals surface area contributed by atoms with Gasteiger partial charge in [-0.15, -0.1) is 0 Å². The number of guanidine groups is 1. The van der Waals surface area contributed by atoms with Crippen molar-refractivity contribution < 1.29 is 13.9 Å². The molecule has 0 saturated carbocycles. The molecule has 0 spiro atoms. The molecule has 1 aliphatic rings. The SMILES string of the molecule is CCNC(=NCCCOCC1CCOC1)NCCc1cc(Br)ccc1F. The Bertz CT molecular complexity index is 566. The van der Waals surface area contributed by atoms with Crippen LogP contribution in [0.1, 0.15) is 25.3 Å². The van der Waals surface area contributed by atoms with Crippen molar-refractivity contribution in [2.24, 2.45) is 10.9 Å². The summed E-state index contributed by atoms with van der Waals surface area (Å²) in [6.45, 7) is 7.31. The Labute approximate surface area is 163 Å². The van der Waals surface area contributed by atoms with Crippen molar-refractivity contribution in [2.75, 3.05) is 46.1 Å². The molecule has 0 amide bonds. The van der Waals surface area contributed by atoms with E-state index in [1.54, 1.807) is 6.07 Å². The molecule has 0 aliphatic carbocycles. The zero-order valence-corrected chi connectivity index (χ0v) is 17.0. The van der Waals surface area contributed by atoms with Crippen LogP contribution in [-0.4, -0.2) is 52.0 Å². The first kappa shape index (κ1) is 21.1. The Morgan fingerprint density at radius 3 is 3.08 bits per heavy atom. The molecule has 1 aromatic rings. The standard InChI is InChI=1S/C19H29BrFN3O2/c1-2-22-19(23-8-3-10-25-13-15-7-11-26-14-15)24-9-6-16-12-17(20)4-5-18(16)21/h4-5,12,15H,2-3,6-11,13-14H2,1H3,(H2,22,23,24). The number of benzene rings is 1. The molecule has 7 heteroatoms. The van der Waals surface area contributed by atoms with Crippen LogP contribution < -0.4 is 10.6 Å². The Hall–Kier alpha value is -1.18. The van der Waals surface area contributed by atoms with Crippen molar-refractivity contribution in [1.82, 2.24) is 10.6 Å². The largest absolute Gasteiger partial charge is 0.381 e. The topological polar surface area (TPSA) is 54.9 Å². The fourth-order valence-electron chi connectivity index (χ4n) is 2.71. The van der Waals surface area contributed by atoms with E-state index < -0.39 is 0 Å². The Morgan fingerprint density at radius 1 is 1.42 bits per heavy atom. The summed E-state index contributed by atoms with van der Waals surface area (Å²) in [6.07, 6.45) is 2.58. The number of nitrogens with one attached hydrogen (secondary N) is 2. The van der Waals surface area contributed by atoms with Gasteiger partial charge in [0.15, 0.2) is 5.96 Å². The zero-order valence-electron chi connectivity index (χ0n) is 15.4. The maximum absolute atomic E-state index is 13.8. The molecule has 0 bridgehead atoms. The number of ether oxygens (including phenoxy) is 2. The van der Waals surface area contributed by atoms with Crippen molar-refractivity contribution in [3.63, 3.8) is 0 Å². The second-order valence-electron chi connectivity index (χ2n) is 6.33. The molecule has 146 valence electrons. The Morgan fingerprint density at radius 2 is 2.31 bits per heavy atom. The van der Waals surface area contributed by atoms with Gasteiger partial charge in [0.05, 0.1) is 13.2 Å². The normalized spacial score (nSPS) is 17.5. The van der Waals surface area contributed by atoms with E-state index in [9.17, 15) is 4.39 Å².